The van der Waals surface area contributed by atoms with Crippen molar-refractivity contribution in [3.05, 3.63) is 65.5 Å². The van der Waals surface area contributed by atoms with Gasteiger partial charge in [0.15, 0.2) is 0 Å². The predicted octanol–water partition coefficient (Wildman–Crippen LogP) is 4.46. The van der Waals surface area contributed by atoms with E-state index in [4.69, 9.17) is 4.98 Å². The van der Waals surface area contributed by atoms with Gasteiger partial charge in [0.25, 0.3) is 0 Å². The van der Waals surface area contributed by atoms with Crippen LogP contribution in [0.4, 0.5) is 0 Å². The highest BCUT2D eigenvalue weighted by atomic mass is 15.1. The average molecular weight is 276 g/mol. The second kappa shape index (κ2) is 5.03. The first-order valence-electron chi connectivity index (χ1n) is 7.82. The van der Waals surface area contributed by atoms with E-state index in [1.807, 2.05) is 0 Å². The minimum Gasteiger partial charge on any atom is -0.328 e. The topological polar surface area (TPSA) is 17.8 Å². The normalized spacial score (nSPS) is 17.9. The maximum absolute atomic E-state index is 4.70. The molecule has 1 atom stereocenters. The van der Waals surface area contributed by atoms with Crippen molar-refractivity contribution in [2.45, 2.75) is 38.6 Å². The monoisotopic (exact) mass is 276 g/mol. The Morgan fingerprint density at radius 2 is 1.90 bits per heavy atom. The van der Waals surface area contributed by atoms with Crippen LogP contribution in [0.3, 0.4) is 0 Å². The molecule has 0 saturated carbocycles. The van der Waals surface area contributed by atoms with Crippen molar-refractivity contribution >= 4 is 11.0 Å². The van der Waals surface area contributed by atoms with E-state index in [0.29, 0.717) is 5.92 Å². The van der Waals surface area contributed by atoms with Gasteiger partial charge in [0, 0.05) is 12.5 Å². The lowest BCUT2D eigenvalue weighted by atomic mass is 9.83. The van der Waals surface area contributed by atoms with Crippen molar-refractivity contribution in [2.24, 2.45) is 0 Å². The van der Waals surface area contributed by atoms with E-state index in [1.165, 1.54) is 30.3 Å². The third-order valence-corrected chi connectivity index (χ3v) is 4.74. The van der Waals surface area contributed by atoms with Crippen molar-refractivity contribution < 1.29 is 0 Å². The van der Waals surface area contributed by atoms with Gasteiger partial charge >= 0.3 is 0 Å². The van der Waals surface area contributed by atoms with Gasteiger partial charge in [-0.1, -0.05) is 36.4 Å². The smallest absolute Gasteiger partial charge is 0.106 e. The molecule has 2 heteroatoms. The van der Waals surface area contributed by atoms with Gasteiger partial charge < -0.3 is 4.57 Å². The fraction of sp³-hybridized carbons (Fsp3) is 0.316. The Labute approximate surface area is 125 Å². The van der Waals surface area contributed by atoms with Crippen LogP contribution < -0.4 is 0 Å². The summed E-state index contributed by atoms with van der Waals surface area (Å²) in [5.41, 5.74) is 5.45. The van der Waals surface area contributed by atoms with Crippen molar-refractivity contribution in [2.75, 3.05) is 0 Å². The van der Waals surface area contributed by atoms with Crippen LogP contribution in [0.25, 0.3) is 11.0 Å². The highest BCUT2D eigenvalue weighted by Gasteiger charge is 2.21. The van der Waals surface area contributed by atoms with Gasteiger partial charge in [0.1, 0.15) is 5.82 Å². The van der Waals surface area contributed by atoms with E-state index in [0.717, 1.165) is 17.9 Å². The summed E-state index contributed by atoms with van der Waals surface area (Å²) in [7, 11) is 0. The van der Waals surface area contributed by atoms with E-state index >= 15 is 0 Å². The van der Waals surface area contributed by atoms with Crippen LogP contribution in [-0.4, -0.2) is 9.55 Å². The molecule has 0 N–H and O–H groups in total. The zero-order chi connectivity index (χ0) is 14.2. The molecule has 0 bridgehead atoms. The van der Waals surface area contributed by atoms with Crippen molar-refractivity contribution in [1.29, 1.82) is 0 Å². The van der Waals surface area contributed by atoms with Gasteiger partial charge in [0.05, 0.1) is 11.0 Å². The number of rotatable bonds is 2. The molecule has 0 amide bonds. The number of aryl methyl sites for hydroxylation is 2. The molecule has 1 heterocycles. The lowest BCUT2D eigenvalue weighted by Crippen LogP contribution is -2.16. The molecule has 1 aliphatic carbocycles. The number of fused-ring (bicyclic) bond motifs is 2. The third kappa shape index (κ3) is 2.15. The minimum atomic E-state index is 0.617. The molecule has 1 unspecified atom stereocenters. The highest BCUT2D eigenvalue weighted by molar-refractivity contribution is 5.75. The predicted molar refractivity (Wildman–Crippen MR) is 86.6 cm³/mol. The van der Waals surface area contributed by atoms with Gasteiger partial charge in [-0.3, -0.25) is 0 Å². The van der Waals surface area contributed by atoms with Crippen molar-refractivity contribution in [3.63, 3.8) is 0 Å². The summed E-state index contributed by atoms with van der Waals surface area (Å²) >= 11 is 0. The first-order valence-corrected chi connectivity index (χ1v) is 7.82. The summed E-state index contributed by atoms with van der Waals surface area (Å²) in [5, 5.41) is 0. The SMILES string of the molecule is Cc1nc2ccccc2n1CC1CCCc2ccccc21. The number of hydrogen-bond donors (Lipinski definition) is 0. The molecule has 0 radical (unpaired) electrons. The molecule has 4 rings (SSSR count). The van der Waals surface area contributed by atoms with Gasteiger partial charge in [-0.25, -0.2) is 4.98 Å². The zero-order valence-corrected chi connectivity index (χ0v) is 12.4. The fourth-order valence-corrected chi connectivity index (χ4v) is 3.69. The zero-order valence-electron chi connectivity index (χ0n) is 12.4. The van der Waals surface area contributed by atoms with Gasteiger partial charge in [-0.05, 0) is 49.4 Å². The molecule has 3 aromatic rings. The number of benzene rings is 2. The van der Waals surface area contributed by atoms with Crippen LogP contribution in [0.2, 0.25) is 0 Å². The Hall–Kier alpha value is -2.09. The Bertz CT molecular complexity index is 785. The molecule has 2 nitrogen and oxygen atoms in total. The molecule has 106 valence electrons. The van der Waals surface area contributed by atoms with Crippen LogP contribution in [0.5, 0.6) is 0 Å². The van der Waals surface area contributed by atoms with Gasteiger partial charge in [0.2, 0.25) is 0 Å². The fourth-order valence-electron chi connectivity index (χ4n) is 3.69. The molecule has 21 heavy (non-hydrogen) atoms. The molecular weight excluding hydrogens is 256 g/mol. The molecule has 2 aromatic carbocycles. The molecule has 0 spiro atoms. The van der Waals surface area contributed by atoms with Crippen LogP contribution in [0, 0.1) is 6.92 Å². The maximum Gasteiger partial charge on any atom is 0.106 e. The Morgan fingerprint density at radius 1 is 1.10 bits per heavy atom. The largest absolute Gasteiger partial charge is 0.328 e. The summed E-state index contributed by atoms with van der Waals surface area (Å²) < 4.78 is 2.39. The summed E-state index contributed by atoms with van der Waals surface area (Å²) in [6.07, 6.45) is 3.81. The van der Waals surface area contributed by atoms with E-state index in [2.05, 4.69) is 60.0 Å². The van der Waals surface area contributed by atoms with Crippen LogP contribution in [0.15, 0.2) is 48.5 Å². The van der Waals surface area contributed by atoms with Crippen LogP contribution in [0.1, 0.15) is 35.7 Å². The lowest BCUT2D eigenvalue weighted by molar-refractivity contribution is 0.484. The Kier molecular flexibility index (Phi) is 3.03. The maximum atomic E-state index is 4.70. The summed E-state index contributed by atoms with van der Waals surface area (Å²) in [6, 6.07) is 17.4. The molecule has 1 aromatic heterocycles. The van der Waals surface area contributed by atoms with E-state index in [1.54, 1.807) is 5.56 Å². The van der Waals surface area contributed by atoms with Crippen molar-refractivity contribution in [1.82, 2.24) is 9.55 Å². The van der Waals surface area contributed by atoms with E-state index < -0.39 is 0 Å². The third-order valence-electron chi connectivity index (χ3n) is 4.74. The molecule has 0 aliphatic heterocycles. The number of imidazole rings is 1. The lowest BCUT2D eigenvalue weighted by Gasteiger charge is -2.26. The first-order chi connectivity index (χ1) is 10.3. The number of para-hydroxylation sites is 2. The molecule has 1 aliphatic rings. The summed E-state index contributed by atoms with van der Waals surface area (Å²) in [6.45, 7) is 3.16. The summed E-state index contributed by atoms with van der Waals surface area (Å²) in [5.74, 6) is 1.74. The van der Waals surface area contributed by atoms with E-state index in [-0.39, 0.29) is 0 Å². The molecule has 0 saturated heterocycles. The highest BCUT2D eigenvalue weighted by Crippen LogP contribution is 2.33. The standard InChI is InChI=1S/C19H20N2/c1-14-20-18-11-4-5-12-19(18)21(14)13-16-9-6-8-15-7-2-3-10-17(15)16/h2-5,7,10-12,16H,6,8-9,13H2,1H3. The second-order valence-electron chi connectivity index (χ2n) is 6.05. The quantitative estimate of drug-likeness (QED) is 0.675. The number of aromatic nitrogens is 2. The Morgan fingerprint density at radius 3 is 2.86 bits per heavy atom. The number of hydrogen-bond acceptors (Lipinski definition) is 1. The number of nitrogens with zero attached hydrogens (tertiary/aromatic N) is 2. The van der Waals surface area contributed by atoms with Gasteiger partial charge in [-0.15, -0.1) is 0 Å². The van der Waals surface area contributed by atoms with Gasteiger partial charge in [-0.2, -0.15) is 0 Å². The van der Waals surface area contributed by atoms with E-state index in [9.17, 15) is 0 Å². The summed E-state index contributed by atoms with van der Waals surface area (Å²) in [4.78, 5) is 4.70. The first kappa shape index (κ1) is 12.6. The average Bonchev–Trinajstić information content (AvgIpc) is 2.84. The minimum absolute atomic E-state index is 0.617. The molecular formula is C19H20N2. The van der Waals surface area contributed by atoms with Crippen molar-refractivity contribution in [3.8, 4) is 0 Å². The van der Waals surface area contributed by atoms with Crippen LogP contribution in [-0.2, 0) is 13.0 Å². The Balaban J connectivity index is 1.74. The second-order valence-corrected chi connectivity index (χ2v) is 6.05. The van der Waals surface area contributed by atoms with Crippen LogP contribution >= 0.6 is 0 Å². The molecule has 0 fully saturated rings.